The van der Waals surface area contributed by atoms with Crippen LogP contribution in [0.5, 0.6) is 5.75 Å². The molecular weight excluding hydrogens is 557 g/mol. The van der Waals surface area contributed by atoms with Crippen molar-refractivity contribution in [3.05, 3.63) is 69.5 Å². The molecule has 2 aromatic rings. The van der Waals surface area contributed by atoms with Crippen molar-refractivity contribution in [3.63, 3.8) is 0 Å². The normalized spacial score (nSPS) is 20.7. The Kier molecular flexibility index (Phi) is 8.37. The van der Waals surface area contributed by atoms with E-state index in [1.807, 2.05) is 25.8 Å². The van der Waals surface area contributed by atoms with E-state index < -0.39 is 53.1 Å². The summed E-state index contributed by atoms with van der Waals surface area (Å²) < 4.78 is 106. The number of ether oxygens (including phenoxy) is 2. The number of nitrogens with zero attached hydrogens (tertiary/aromatic N) is 2. The Morgan fingerprint density at radius 1 is 1.02 bits per heavy atom. The van der Waals surface area contributed by atoms with Crippen LogP contribution in [0.25, 0.3) is 5.57 Å². The van der Waals surface area contributed by atoms with Crippen LogP contribution < -0.4 is 4.74 Å². The van der Waals surface area contributed by atoms with Gasteiger partial charge in [0.15, 0.2) is 0 Å². The molecule has 2 aliphatic rings. The highest BCUT2D eigenvalue weighted by Crippen LogP contribution is 2.42. The molecular formula is C29H31F7N2O3. The fraction of sp³-hybridized carbons (Fsp3) is 0.483. The molecule has 0 N–H and O–H groups in total. The average molecular weight is 589 g/mol. The molecule has 224 valence electrons. The first-order chi connectivity index (χ1) is 19.0. The maximum absolute atomic E-state index is 14.7. The lowest BCUT2D eigenvalue weighted by Gasteiger charge is -2.32. The van der Waals surface area contributed by atoms with E-state index in [9.17, 15) is 35.5 Å². The number of likely N-dealkylation sites (N-methyl/N-ethyl adjacent to an activating group) is 1. The molecule has 0 bridgehead atoms. The summed E-state index contributed by atoms with van der Waals surface area (Å²) in [5, 5.41) is 0. The minimum absolute atomic E-state index is 0.0127. The maximum atomic E-state index is 14.7. The van der Waals surface area contributed by atoms with Gasteiger partial charge >= 0.3 is 18.4 Å². The van der Waals surface area contributed by atoms with Crippen LogP contribution in [-0.4, -0.2) is 55.7 Å². The molecule has 4 rings (SSSR count). The number of amides is 1. The van der Waals surface area contributed by atoms with Crippen molar-refractivity contribution < 1.29 is 45.0 Å². The number of benzene rings is 2. The van der Waals surface area contributed by atoms with E-state index in [2.05, 4.69) is 0 Å². The van der Waals surface area contributed by atoms with Crippen molar-refractivity contribution in [2.75, 3.05) is 33.8 Å². The molecule has 0 unspecified atom stereocenters. The van der Waals surface area contributed by atoms with E-state index in [4.69, 9.17) is 9.47 Å². The van der Waals surface area contributed by atoms with E-state index in [0.717, 1.165) is 11.1 Å². The molecule has 0 spiro atoms. The number of hydrogen-bond donors (Lipinski definition) is 0. The first-order valence-electron chi connectivity index (χ1n) is 13.0. The van der Waals surface area contributed by atoms with Crippen LogP contribution in [0.4, 0.5) is 35.5 Å². The summed E-state index contributed by atoms with van der Waals surface area (Å²) >= 11 is 0. The third-order valence-corrected chi connectivity index (χ3v) is 7.59. The zero-order chi connectivity index (χ0) is 30.4. The van der Waals surface area contributed by atoms with Gasteiger partial charge in [0.25, 0.3) is 0 Å². The van der Waals surface area contributed by atoms with Crippen LogP contribution in [0, 0.1) is 5.82 Å². The molecule has 2 aliphatic heterocycles. The van der Waals surface area contributed by atoms with Gasteiger partial charge in [0, 0.05) is 31.3 Å². The second-order valence-electron chi connectivity index (χ2n) is 10.8. The van der Waals surface area contributed by atoms with Crippen molar-refractivity contribution >= 4 is 11.7 Å². The van der Waals surface area contributed by atoms with Crippen LogP contribution in [0.15, 0.2) is 35.9 Å². The summed E-state index contributed by atoms with van der Waals surface area (Å²) in [7, 11) is 3.31. The largest absolute Gasteiger partial charge is 0.496 e. The lowest BCUT2D eigenvalue weighted by Crippen LogP contribution is -2.38. The number of hydrogen-bond acceptors (Lipinski definition) is 4. The molecule has 5 nitrogen and oxygen atoms in total. The van der Waals surface area contributed by atoms with Crippen LogP contribution in [0.3, 0.4) is 0 Å². The number of methoxy groups -OCH3 is 1. The van der Waals surface area contributed by atoms with E-state index in [0.29, 0.717) is 48.5 Å². The van der Waals surface area contributed by atoms with Crippen molar-refractivity contribution in [2.24, 2.45) is 0 Å². The Hall–Kier alpha value is -3.28. The Bertz CT molecular complexity index is 1320. The summed E-state index contributed by atoms with van der Waals surface area (Å²) in [5.74, 6) is -0.199. The summed E-state index contributed by atoms with van der Waals surface area (Å²) in [6.07, 6.45) is -11.7. The number of rotatable bonds is 6. The predicted octanol–water partition coefficient (Wildman–Crippen LogP) is 7.67. The van der Waals surface area contributed by atoms with Crippen molar-refractivity contribution in [3.8, 4) is 5.75 Å². The lowest BCUT2D eigenvalue weighted by molar-refractivity contribution is -0.143. The van der Waals surface area contributed by atoms with Gasteiger partial charge in [-0.15, -0.1) is 0 Å². The third-order valence-electron chi connectivity index (χ3n) is 7.59. The third kappa shape index (κ3) is 6.32. The molecule has 2 atom stereocenters. The number of carbonyl (C=O) groups excluding carboxylic acids is 1. The van der Waals surface area contributed by atoms with Gasteiger partial charge in [0.05, 0.1) is 24.3 Å². The van der Waals surface area contributed by atoms with E-state index in [1.165, 1.54) is 25.0 Å². The number of carbonyl (C=O) groups is 1. The highest BCUT2D eigenvalue weighted by molar-refractivity contribution is 5.77. The Morgan fingerprint density at radius 3 is 2.17 bits per heavy atom. The first-order valence-corrected chi connectivity index (χ1v) is 13.0. The van der Waals surface area contributed by atoms with Crippen molar-refractivity contribution in [2.45, 2.75) is 57.6 Å². The van der Waals surface area contributed by atoms with Crippen LogP contribution in [0.2, 0.25) is 0 Å². The summed E-state index contributed by atoms with van der Waals surface area (Å²) in [6, 6.07) is 3.39. The fourth-order valence-electron chi connectivity index (χ4n) is 5.38. The van der Waals surface area contributed by atoms with Gasteiger partial charge in [-0.3, -0.25) is 4.90 Å². The van der Waals surface area contributed by atoms with Crippen molar-refractivity contribution in [1.82, 2.24) is 9.80 Å². The van der Waals surface area contributed by atoms with E-state index in [-0.39, 0.29) is 18.5 Å². The highest BCUT2D eigenvalue weighted by Gasteiger charge is 2.44. The highest BCUT2D eigenvalue weighted by atomic mass is 19.4. The monoisotopic (exact) mass is 588 g/mol. The Morgan fingerprint density at radius 2 is 1.63 bits per heavy atom. The SMILES string of the molecule is COc1cc(F)c(C(C)C)cc1C1=C(CN2C(=O)O[C@H](c3cc(C(F)(F)F)cc(C(F)(F)F)c3)[C@@H]2C)CN(C)CC1. The van der Waals surface area contributed by atoms with Gasteiger partial charge in [-0.05, 0) is 72.8 Å². The fourth-order valence-corrected chi connectivity index (χ4v) is 5.38. The zero-order valence-corrected chi connectivity index (χ0v) is 23.2. The minimum Gasteiger partial charge on any atom is -0.496 e. The van der Waals surface area contributed by atoms with Gasteiger partial charge in [-0.1, -0.05) is 13.8 Å². The average Bonchev–Trinajstić information content (AvgIpc) is 3.15. The van der Waals surface area contributed by atoms with Crippen molar-refractivity contribution in [1.29, 1.82) is 0 Å². The van der Waals surface area contributed by atoms with Gasteiger partial charge in [0.1, 0.15) is 17.7 Å². The number of alkyl halides is 6. The standard InChI is InChI=1S/C29H31F7N2O3/c1-15(2)22-11-23(25(40-5)12-24(22)30)21-6-7-37(4)13-18(21)14-38-16(3)26(41-27(38)39)17-8-19(28(31,32)33)10-20(9-17)29(34,35)36/h8-12,15-16,26H,6-7,13-14H2,1-5H3/t16-,26-/m0/s1. The minimum atomic E-state index is -5.03. The zero-order valence-electron chi connectivity index (χ0n) is 23.2. The molecule has 0 aromatic heterocycles. The van der Waals surface area contributed by atoms with E-state index >= 15 is 0 Å². The van der Waals surface area contributed by atoms with Gasteiger partial charge in [-0.2, -0.15) is 26.3 Å². The molecule has 1 amide bonds. The topological polar surface area (TPSA) is 42.0 Å². The Labute approximate surface area is 233 Å². The molecule has 2 heterocycles. The van der Waals surface area contributed by atoms with Gasteiger partial charge < -0.3 is 14.4 Å². The molecule has 1 fully saturated rings. The summed E-state index contributed by atoms with van der Waals surface area (Å²) in [6.45, 7) is 6.35. The molecule has 1 saturated heterocycles. The molecule has 0 radical (unpaired) electrons. The molecule has 12 heteroatoms. The molecule has 0 aliphatic carbocycles. The van der Waals surface area contributed by atoms with Gasteiger partial charge in [-0.25, -0.2) is 9.18 Å². The lowest BCUT2D eigenvalue weighted by atomic mass is 9.89. The Balaban J connectivity index is 1.74. The number of cyclic esters (lactones) is 1. The molecule has 41 heavy (non-hydrogen) atoms. The van der Waals surface area contributed by atoms with Crippen LogP contribution in [-0.2, 0) is 17.1 Å². The summed E-state index contributed by atoms with van der Waals surface area (Å²) in [4.78, 5) is 16.3. The maximum Gasteiger partial charge on any atom is 0.416 e. The smallest absolute Gasteiger partial charge is 0.416 e. The second-order valence-corrected chi connectivity index (χ2v) is 10.8. The molecule has 2 aromatic carbocycles. The van der Waals surface area contributed by atoms with Crippen LogP contribution in [0.1, 0.15) is 67.0 Å². The molecule has 0 saturated carbocycles. The quantitative estimate of drug-likeness (QED) is 0.325. The van der Waals surface area contributed by atoms with E-state index in [1.54, 1.807) is 6.07 Å². The van der Waals surface area contributed by atoms with Crippen LogP contribution >= 0.6 is 0 Å². The second kappa shape index (κ2) is 11.2. The first kappa shape index (κ1) is 30.7. The number of halogens is 7. The summed E-state index contributed by atoms with van der Waals surface area (Å²) in [5.41, 5.74) is -0.575. The van der Waals surface area contributed by atoms with Gasteiger partial charge in [0.2, 0.25) is 0 Å². The predicted molar refractivity (Wildman–Crippen MR) is 138 cm³/mol.